The monoisotopic (exact) mass is 295 g/mol. The average Bonchev–Trinajstić information content (AvgIpc) is 2.37. The van der Waals surface area contributed by atoms with Crippen LogP contribution >= 0.6 is 0 Å². The molecular formula is C15H21NO5. The third-order valence-electron chi connectivity index (χ3n) is 2.79. The van der Waals surface area contributed by atoms with Crippen molar-refractivity contribution in [3.05, 3.63) is 29.3 Å². The molecule has 21 heavy (non-hydrogen) atoms. The molecule has 0 bridgehead atoms. The van der Waals surface area contributed by atoms with Gasteiger partial charge in [-0.3, -0.25) is 4.79 Å². The fraction of sp³-hybridized carbons (Fsp3) is 0.467. The lowest BCUT2D eigenvalue weighted by Gasteiger charge is -2.12. The molecule has 0 aliphatic carbocycles. The van der Waals surface area contributed by atoms with E-state index in [0.717, 1.165) is 11.1 Å². The van der Waals surface area contributed by atoms with Crippen molar-refractivity contribution in [1.82, 2.24) is 5.32 Å². The Labute approximate surface area is 123 Å². The first kappa shape index (κ1) is 16.8. The van der Waals surface area contributed by atoms with Crippen molar-refractivity contribution < 1.29 is 24.5 Å². The van der Waals surface area contributed by atoms with Crippen molar-refractivity contribution in [3.8, 4) is 5.75 Å². The van der Waals surface area contributed by atoms with Crippen LogP contribution in [0.5, 0.6) is 5.75 Å². The van der Waals surface area contributed by atoms with Gasteiger partial charge in [-0.15, -0.1) is 0 Å². The van der Waals surface area contributed by atoms with E-state index in [4.69, 9.17) is 9.84 Å². The number of nitrogens with one attached hydrogen (secondary N) is 1. The molecule has 1 amide bonds. The number of alkyl carbamates (subject to hydrolysis) is 1. The summed E-state index contributed by atoms with van der Waals surface area (Å²) >= 11 is 0. The molecule has 6 heteroatoms. The Hall–Kier alpha value is -2.24. The van der Waals surface area contributed by atoms with Gasteiger partial charge >= 0.3 is 12.1 Å². The lowest BCUT2D eigenvalue weighted by molar-refractivity contribution is -0.137. The van der Waals surface area contributed by atoms with E-state index in [-0.39, 0.29) is 24.8 Å². The number of aliphatic carboxylic acids is 1. The number of benzene rings is 1. The Bertz CT molecular complexity index is 499. The number of rotatable bonds is 7. The van der Waals surface area contributed by atoms with Gasteiger partial charge in [0.25, 0.3) is 0 Å². The molecule has 0 aliphatic rings. The van der Waals surface area contributed by atoms with E-state index in [1.807, 2.05) is 0 Å². The maximum absolute atomic E-state index is 11.5. The minimum absolute atomic E-state index is 0.0864. The van der Waals surface area contributed by atoms with Gasteiger partial charge in [-0.1, -0.05) is 6.07 Å². The fourth-order valence-corrected chi connectivity index (χ4v) is 1.87. The van der Waals surface area contributed by atoms with Gasteiger partial charge in [0.15, 0.2) is 0 Å². The fourth-order valence-electron chi connectivity index (χ4n) is 1.87. The van der Waals surface area contributed by atoms with Crippen molar-refractivity contribution in [2.75, 3.05) is 0 Å². The minimum Gasteiger partial charge on any atom is -0.508 e. The minimum atomic E-state index is -0.839. The summed E-state index contributed by atoms with van der Waals surface area (Å²) < 4.78 is 4.96. The molecule has 0 aromatic heterocycles. The quantitative estimate of drug-likeness (QED) is 0.718. The van der Waals surface area contributed by atoms with E-state index in [0.29, 0.717) is 12.8 Å². The first-order valence-electron chi connectivity index (χ1n) is 6.85. The topological polar surface area (TPSA) is 95.9 Å². The molecule has 6 nitrogen and oxygen atoms in total. The van der Waals surface area contributed by atoms with Crippen LogP contribution in [0.25, 0.3) is 0 Å². The number of phenolic OH excluding ortho intramolecular Hbond substituents is 1. The van der Waals surface area contributed by atoms with Crippen LogP contribution < -0.4 is 5.32 Å². The highest BCUT2D eigenvalue weighted by atomic mass is 16.6. The Balaban J connectivity index is 2.64. The van der Waals surface area contributed by atoms with Gasteiger partial charge in [0.05, 0.1) is 6.10 Å². The smallest absolute Gasteiger partial charge is 0.407 e. The Morgan fingerprint density at radius 3 is 2.62 bits per heavy atom. The van der Waals surface area contributed by atoms with Crippen molar-refractivity contribution in [2.24, 2.45) is 0 Å². The molecule has 0 radical (unpaired) electrons. The van der Waals surface area contributed by atoms with Crippen molar-refractivity contribution in [2.45, 2.75) is 45.8 Å². The first-order chi connectivity index (χ1) is 9.88. The van der Waals surface area contributed by atoms with Crippen LogP contribution in [-0.2, 0) is 22.5 Å². The van der Waals surface area contributed by atoms with E-state index in [2.05, 4.69) is 5.32 Å². The summed E-state index contributed by atoms with van der Waals surface area (Å²) in [5.74, 6) is -0.736. The molecule has 0 spiro atoms. The van der Waals surface area contributed by atoms with Crippen LogP contribution in [0.1, 0.15) is 37.8 Å². The zero-order valence-corrected chi connectivity index (χ0v) is 12.3. The van der Waals surface area contributed by atoms with Gasteiger partial charge in [0.2, 0.25) is 0 Å². The number of hydrogen-bond donors (Lipinski definition) is 3. The van der Waals surface area contributed by atoms with Gasteiger partial charge in [0.1, 0.15) is 5.75 Å². The predicted molar refractivity (Wildman–Crippen MR) is 77.1 cm³/mol. The number of carboxylic acid groups (broad SMARTS) is 1. The summed E-state index contributed by atoms with van der Waals surface area (Å²) in [5, 5.41) is 20.8. The average molecular weight is 295 g/mol. The van der Waals surface area contributed by atoms with Crippen LogP contribution in [0, 0.1) is 0 Å². The second-order valence-corrected chi connectivity index (χ2v) is 5.01. The van der Waals surface area contributed by atoms with Crippen LogP contribution in [0.2, 0.25) is 0 Å². The number of aryl methyl sites for hydroxylation is 1. The van der Waals surface area contributed by atoms with Crippen LogP contribution in [0.3, 0.4) is 0 Å². The van der Waals surface area contributed by atoms with Crippen molar-refractivity contribution in [3.63, 3.8) is 0 Å². The Morgan fingerprint density at radius 1 is 1.29 bits per heavy atom. The second-order valence-electron chi connectivity index (χ2n) is 5.01. The lowest BCUT2D eigenvalue weighted by Crippen LogP contribution is -2.26. The standard InChI is InChI=1S/C15H21NO5/c1-10(2)21-15(20)16-9-12-8-13(17)7-6-11(12)4-3-5-14(18)19/h6-8,10,17H,3-5,9H2,1-2H3,(H,16,20)(H,18,19). The largest absolute Gasteiger partial charge is 0.508 e. The molecular weight excluding hydrogens is 274 g/mol. The zero-order chi connectivity index (χ0) is 15.8. The van der Waals surface area contributed by atoms with E-state index in [1.165, 1.54) is 0 Å². The highest BCUT2D eigenvalue weighted by molar-refractivity contribution is 5.67. The molecule has 0 heterocycles. The van der Waals surface area contributed by atoms with Crippen molar-refractivity contribution >= 4 is 12.1 Å². The summed E-state index contributed by atoms with van der Waals surface area (Å²) in [5.41, 5.74) is 1.65. The predicted octanol–water partition coefficient (Wildman–Crippen LogP) is 2.43. The number of hydrogen-bond acceptors (Lipinski definition) is 4. The highest BCUT2D eigenvalue weighted by Crippen LogP contribution is 2.18. The maximum atomic E-state index is 11.5. The van der Waals surface area contributed by atoms with Gasteiger partial charge in [-0.2, -0.15) is 0 Å². The molecule has 0 unspecified atom stereocenters. The molecule has 0 aliphatic heterocycles. The summed E-state index contributed by atoms with van der Waals surface area (Å²) in [6.45, 7) is 3.73. The number of amides is 1. The molecule has 0 saturated carbocycles. The molecule has 0 atom stereocenters. The van der Waals surface area contributed by atoms with Crippen LogP contribution in [0.15, 0.2) is 18.2 Å². The first-order valence-corrected chi connectivity index (χ1v) is 6.85. The second kappa shape index (κ2) is 8.14. The van der Waals surface area contributed by atoms with Crippen LogP contribution in [-0.4, -0.2) is 28.4 Å². The normalized spacial score (nSPS) is 10.4. The summed E-state index contributed by atoms with van der Waals surface area (Å²) in [4.78, 5) is 22.0. The van der Waals surface area contributed by atoms with E-state index in [9.17, 15) is 14.7 Å². The molecule has 3 N–H and O–H groups in total. The molecule has 1 rings (SSSR count). The Morgan fingerprint density at radius 2 is 2.00 bits per heavy atom. The molecule has 1 aromatic carbocycles. The number of carbonyl (C=O) groups is 2. The van der Waals surface area contributed by atoms with Crippen molar-refractivity contribution in [1.29, 1.82) is 0 Å². The molecule has 0 saturated heterocycles. The number of carboxylic acids is 1. The SMILES string of the molecule is CC(C)OC(=O)NCc1cc(O)ccc1CCCC(=O)O. The highest BCUT2D eigenvalue weighted by Gasteiger charge is 2.09. The summed E-state index contributed by atoms with van der Waals surface area (Å²) in [6, 6.07) is 4.85. The molecule has 1 aromatic rings. The number of carbonyl (C=O) groups excluding carboxylic acids is 1. The number of phenols is 1. The summed E-state index contributed by atoms with van der Waals surface area (Å²) in [7, 11) is 0. The maximum Gasteiger partial charge on any atom is 0.407 e. The number of aromatic hydroxyl groups is 1. The van der Waals surface area contributed by atoms with Gasteiger partial charge in [-0.25, -0.2) is 4.79 Å². The van der Waals surface area contributed by atoms with E-state index >= 15 is 0 Å². The van der Waals surface area contributed by atoms with E-state index < -0.39 is 12.1 Å². The third-order valence-corrected chi connectivity index (χ3v) is 2.79. The third kappa shape index (κ3) is 6.65. The van der Waals surface area contributed by atoms with Crippen LogP contribution in [0.4, 0.5) is 4.79 Å². The molecule has 0 fully saturated rings. The lowest BCUT2D eigenvalue weighted by atomic mass is 10.0. The van der Waals surface area contributed by atoms with Gasteiger partial charge in [-0.05, 0) is 49.9 Å². The number of ether oxygens (including phenoxy) is 1. The Kier molecular flexibility index (Phi) is 6.52. The zero-order valence-electron chi connectivity index (χ0n) is 12.3. The van der Waals surface area contributed by atoms with Gasteiger partial charge < -0.3 is 20.3 Å². The van der Waals surface area contributed by atoms with E-state index in [1.54, 1.807) is 32.0 Å². The molecule has 116 valence electrons. The summed E-state index contributed by atoms with van der Waals surface area (Å²) in [6.07, 6.45) is 0.434. The van der Waals surface area contributed by atoms with Gasteiger partial charge in [0, 0.05) is 13.0 Å².